The van der Waals surface area contributed by atoms with E-state index < -0.39 is 0 Å². The molecular weight excluding hydrogens is 205 g/mol. The monoisotopic (exact) mass is 223 g/mol. The number of rotatable bonds is 0. The van der Waals surface area contributed by atoms with Gasteiger partial charge >= 0.3 is 83.3 Å². The van der Waals surface area contributed by atoms with Crippen molar-refractivity contribution >= 4 is 20.9 Å². The van der Waals surface area contributed by atoms with Crippen LogP contribution in [-0.4, -0.2) is 16.5 Å². The summed E-state index contributed by atoms with van der Waals surface area (Å²) < 4.78 is 1.58. The maximum absolute atomic E-state index is 2.24. The zero-order valence-electron chi connectivity index (χ0n) is 8.71. The fourth-order valence-electron chi connectivity index (χ4n) is 1.58. The van der Waals surface area contributed by atoms with E-state index in [4.69, 9.17) is 0 Å². The summed E-state index contributed by atoms with van der Waals surface area (Å²) in [5.74, 6) is 0. The Bertz CT molecular complexity index is 219. The molecule has 0 saturated carbocycles. The Labute approximate surface area is 83.6 Å². The van der Waals surface area contributed by atoms with Crippen LogP contribution in [0.2, 0.25) is 0 Å². The third-order valence-corrected chi connectivity index (χ3v) is 5.38. The summed E-state index contributed by atoms with van der Waals surface area (Å²) in [6, 6.07) is 0. The van der Waals surface area contributed by atoms with E-state index >= 15 is 0 Å². The Hall–Kier alpha value is -0.237. The molecule has 1 heteroatoms. The molecule has 0 heterocycles. The Balaban J connectivity index is 3.60. The first-order valence-corrected chi connectivity index (χ1v) is 5.84. The predicted octanol–water partition coefficient (Wildman–Crippen LogP) is 1.49. The van der Waals surface area contributed by atoms with Crippen LogP contribution >= 0.6 is 0 Å². The fraction of sp³-hybridized carbons (Fsp3) is 0.455. The normalized spacial score (nSPS) is 10.5. The summed E-state index contributed by atoms with van der Waals surface area (Å²) in [6.45, 7) is 11.2. The molecule has 0 N–H and O–H groups in total. The summed E-state index contributed by atoms with van der Waals surface area (Å²) >= 11 is 1.28. The molecule has 0 nitrogen and oxygen atoms in total. The summed E-state index contributed by atoms with van der Waals surface area (Å²) in [5.41, 5.74) is 7.46. The average Bonchev–Trinajstić information content (AvgIpc) is 2.08. The molecule has 1 radical (unpaired) electrons. The van der Waals surface area contributed by atoms with Crippen molar-refractivity contribution in [3.63, 3.8) is 0 Å². The molecule has 0 atom stereocenters. The van der Waals surface area contributed by atoms with Crippen LogP contribution < -0.4 is 4.40 Å². The van der Waals surface area contributed by atoms with Gasteiger partial charge in [0.1, 0.15) is 0 Å². The van der Waals surface area contributed by atoms with Gasteiger partial charge in [0.25, 0.3) is 0 Å². The van der Waals surface area contributed by atoms with Gasteiger partial charge in [0.15, 0.2) is 0 Å². The van der Waals surface area contributed by atoms with Gasteiger partial charge in [-0.2, -0.15) is 0 Å². The van der Waals surface area contributed by atoms with Crippen molar-refractivity contribution < 1.29 is 0 Å². The minimum absolute atomic E-state index is 1.28. The second-order valence-electron chi connectivity index (χ2n) is 3.60. The molecule has 1 aromatic rings. The molecule has 0 aliphatic rings. The third kappa shape index (κ3) is 1.33. The van der Waals surface area contributed by atoms with Gasteiger partial charge in [0.2, 0.25) is 0 Å². The van der Waals surface area contributed by atoms with Gasteiger partial charge < -0.3 is 0 Å². The topological polar surface area (TPSA) is 0 Å². The molecule has 65 valence electrons. The van der Waals surface area contributed by atoms with Gasteiger partial charge in [0.05, 0.1) is 0 Å². The van der Waals surface area contributed by atoms with Gasteiger partial charge in [-0.25, -0.2) is 0 Å². The van der Waals surface area contributed by atoms with E-state index in [1.165, 1.54) is 44.3 Å². The van der Waals surface area contributed by atoms with Gasteiger partial charge in [-0.3, -0.25) is 0 Å². The number of hydrogen-bond acceptors (Lipinski definition) is 0. The van der Waals surface area contributed by atoms with Gasteiger partial charge in [-0.1, -0.05) is 0 Å². The molecule has 0 spiro atoms. The van der Waals surface area contributed by atoms with Crippen molar-refractivity contribution in [3.05, 3.63) is 27.8 Å². The third-order valence-electron chi connectivity index (χ3n) is 3.16. The van der Waals surface area contributed by atoms with Crippen LogP contribution in [0.5, 0.6) is 0 Å². The molecule has 0 amide bonds. The van der Waals surface area contributed by atoms with Crippen molar-refractivity contribution in [1.82, 2.24) is 0 Å². The Morgan fingerprint density at radius 3 is 1.17 bits per heavy atom. The van der Waals surface area contributed by atoms with E-state index in [2.05, 4.69) is 34.6 Å². The molecule has 0 aromatic heterocycles. The predicted molar refractivity (Wildman–Crippen MR) is 58.3 cm³/mol. The first-order chi connectivity index (χ1) is 5.46. The molecule has 0 aliphatic heterocycles. The molecule has 1 aromatic carbocycles. The zero-order chi connectivity index (χ0) is 9.46. The molecule has 1 rings (SSSR count). The molecule has 0 aliphatic carbocycles. The summed E-state index contributed by atoms with van der Waals surface area (Å²) in [4.78, 5) is 0. The summed E-state index contributed by atoms with van der Waals surface area (Å²) in [6.07, 6.45) is 0. The average molecular weight is 222 g/mol. The molecule has 12 heavy (non-hydrogen) atoms. The minimum atomic E-state index is 1.28. The quantitative estimate of drug-likeness (QED) is 0.583. The van der Waals surface area contributed by atoms with E-state index in [0.29, 0.717) is 0 Å². The Morgan fingerprint density at radius 1 is 0.583 bits per heavy atom. The standard InChI is InChI=1S/C11H17Ge/c1-6-7(2)9(4)11(12)10(5)8(6)3/h12H2,1-5H3. The summed E-state index contributed by atoms with van der Waals surface area (Å²) in [7, 11) is 0. The van der Waals surface area contributed by atoms with E-state index in [0.717, 1.165) is 0 Å². The van der Waals surface area contributed by atoms with Crippen LogP contribution in [0.25, 0.3) is 0 Å². The fourth-order valence-corrected chi connectivity index (χ4v) is 2.69. The zero-order valence-corrected chi connectivity index (χ0v) is 11.7. The van der Waals surface area contributed by atoms with E-state index in [9.17, 15) is 0 Å². The van der Waals surface area contributed by atoms with Crippen LogP contribution in [0, 0.1) is 34.6 Å². The second-order valence-corrected chi connectivity index (χ2v) is 5.09. The van der Waals surface area contributed by atoms with E-state index in [1.54, 1.807) is 4.40 Å². The van der Waals surface area contributed by atoms with E-state index in [-0.39, 0.29) is 0 Å². The van der Waals surface area contributed by atoms with Crippen molar-refractivity contribution in [2.45, 2.75) is 34.6 Å². The second kappa shape index (κ2) is 3.25. The van der Waals surface area contributed by atoms with Crippen LogP contribution in [0.15, 0.2) is 0 Å². The Morgan fingerprint density at radius 2 is 0.833 bits per heavy atom. The molecular formula is C11H17Ge. The van der Waals surface area contributed by atoms with Gasteiger partial charge in [-0.15, -0.1) is 0 Å². The maximum atomic E-state index is 2.24. The Kier molecular flexibility index (Phi) is 2.67. The van der Waals surface area contributed by atoms with Crippen LogP contribution in [-0.2, 0) is 0 Å². The van der Waals surface area contributed by atoms with Crippen molar-refractivity contribution in [1.29, 1.82) is 0 Å². The summed E-state index contributed by atoms with van der Waals surface area (Å²) in [5, 5.41) is 0. The van der Waals surface area contributed by atoms with Crippen molar-refractivity contribution in [3.8, 4) is 0 Å². The van der Waals surface area contributed by atoms with Crippen molar-refractivity contribution in [2.24, 2.45) is 0 Å². The molecule has 0 fully saturated rings. The van der Waals surface area contributed by atoms with E-state index in [1.807, 2.05) is 0 Å². The molecule has 0 saturated heterocycles. The SMILES string of the molecule is Cc1c(C)c(C)[c]([GeH2])c(C)c1C. The molecule has 0 unspecified atom stereocenters. The van der Waals surface area contributed by atoms with Gasteiger partial charge in [-0.05, 0) is 0 Å². The van der Waals surface area contributed by atoms with Crippen molar-refractivity contribution in [2.75, 3.05) is 0 Å². The number of benzene rings is 1. The van der Waals surface area contributed by atoms with Crippen LogP contribution in [0.4, 0.5) is 0 Å². The molecule has 0 bridgehead atoms. The van der Waals surface area contributed by atoms with Crippen LogP contribution in [0.1, 0.15) is 27.8 Å². The first kappa shape index (κ1) is 9.85. The van der Waals surface area contributed by atoms with Crippen LogP contribution in [0.3, 0.4) is 0 Å². The van der Waals surface area contributed by atoms with Gasteiger partial charge in [0, 0.05) is 0 Å². The number of hydrogen-bond donors (Lipinski definition) is 0. The first-order valence-electron chi connectivity index (χ1n) is 4.35.